The molecule has 0 heterocycles. The van der Waals surface area contributed by atoms with Gasteiger partial charge in [0.25, 0.3) is 5.91 Å². The molecular formula is C24H23FN2O2. The van der Waals surface area contributed by atoms with Crippen LogP contribution < -0.4 is 10.6 Å². The highest BCUT2D eigenvalue weighted by atomic mass is 19.1. The van der Waals surface area contributed by atoms with Crippen LogP contribution in [0, 0.1) is 5.82 Å². The first-order valence-electron chi connectivity index (χ1n) is 9.58. The van der Waals surface area contributed by atoms with Crippen molar-refractivity contribution in [3.05, 3.63) is 101 Å². The fourth-order valence-corrected chi connectivity index (χ4v) is 3.01. The highest BCUT2D eigenvalue weighted by Gasteiger charge is 2.13. The standard InChI is InChI=1S/C24H23FN2O2/c25-21-12-6-4-10-19(21)14-15-23(28)27-22-13-7-5-11-20(22)24(29)26-17-16-18-8-2-1-3-9-18/h1-13H,14-17H2,(H,26,29)(H,27,28). The number of rotatable bonds is 8. The van der Waals surface area contributed by atoms with Crippen LogP contribution in [0.25, 0.3) is 0 Å². The monoisotopic (exact) mass is 390 g/mol. The van der Waals surface area contributed by atoms with Gasteiger partial charge in [0.1, 0.15) is 5.82 Å². The molecule has 0 aliphatic rings. The zero-order valence-electron chi connectivity index (χ0n) is 16.0. The van der Waals surface area contributed by atoms with Gasteiger partial charge in [-0.05, 0) is 42.2 Å². The normalized spacial score (nSPS) is 10.4. The van der Waals surface area contributed by atoms with Crippen LogP contribution in [0.5, 0.6) is 0 Å². The summed E-state index contributed by atoms with van der Waals surface area (Å²) in [5.41, 5.74) is 2.49. The molecule has 3 rings (SSSR count). The molecule has 0 atom stereocenters. The van der Waals surface area contributed by atoms with Gasteiger partial charge in [-0.1, -0.05) is 60.7 Å². The number of aryl methyl sites for hydroxylation is 1. The maximum atomic E-state index is 13.7. The lowest BCUT2D eigenvalue weighted by Gasteiger charge is -2.12. The molecule has 148 valence electrons. The van der Waals surface area contributed by atoms with Crippen molar-refractivity contribution in [3.63, 3.8) is 0 Å². The molecule has 3 aromatic rings. The van der Waals surface area contributed by atoms with E-state index in [9.17, 15) is 14.0 Å². The van der Waals surface area contributed by atoms with Crippen LogP contribution in [0.3, 0.4) is 0 Å². The molecule has 5 heteroatoms. The number of halogens is 1. The molecule has 2 amide bonds. The number of nitrogens with one attached hydrogen (secondary N) is 2. The summed E-state index contributed by atoms with van der Waals surface area (Å²) < 4.78 is 13.7. The SMILES string of the molecule is O=C(CCc1ccccc1F)Nc1ccccc1C(=O)NCCc1ccccc1. The number of para-hydroxylation sites is 1. The lowest BCUT2D eigenvalue weighted by atomic mass is 10.1. The van der Waals surface area contributed by atoms with Crippen molar-refractivity contribution in [3.8, 4) is 0 Å². The van der Waals surface area contributed by atoms with Gasteiger partial charge >= 0.3 is 0 Å². The van der Waals surface area contributed by atoms with Crippen molar-refractivity contribution in [2.24, 2.45) is 0 Å². The van der Waals surface area contributed by atoms with Crippen LogP contribution >= 0.6 is 0 Å². The summed E-state index contributed by atoms with van der Waals surface area (Å²) in [6.45, 7) is 0.498. The average Bonchev–Trinajstić information content (AvgIpc) is 2.74. The third-order valence-corrected chi connectivity index (χ3v) is 4.57. The minimum absolute atomic E-state index is 0.130. The lowest BCUT2D eigenvalue weighted by Crippen LogP contribution is -2.27. The Morgan fingerprint density at radius 3 is 2.28 bits per heavy atom. The topological polar surface area (TPSA) is 58.2 Å². The number of carbonyl (C=O) groups is 2. The van der Waals surface area contributed by atoms with Crippen LogP contribution in [0.1, 0.15) is 27.9 Å². The third-order valence-electron chi connectivity index (χ3n) is 4.57. The van der Waals surface area contributed by atoms with Crippen LogP contribution in [-0.4, -0.2) is 18.4 Å². The Labute approximate surface area is 169 Å². The fraction of sp³-hybridized carbons (Fsp3) is 0.167. The zero-order valence-corrected chi connectivity index (χ0v) is 16.0. The molecule has 0 radical (unpaired) electrons. The van der Waals surface area contributed by atoms with E-state index in [1.54, 1.807) is 42.5 Å². The van der Waals surface area contributed by atoms with Crippen molar-refractivity contribution in [2.75, 3.05) is 11.9 Å². The number of hydrogen-bond donors (Lipinski definition) is 2. The van der Waals surface area contributed by atoms with Gasteiger partial charge in [-0.25, -0.2) is 4.39 Å². The number of benzene rings is 3. The quantitative estimate of drug-likeness (QED) is 0.600. The number of anilines is 1. The molecule has 2 N–H and O–H groups in total. The molecule has 0 spiro atoms. The highest BCUT2D eigenvalue weighted by molar-refractivity contribution is 6.03. The second-order valence-electron chi connectivity index (χ2n) is 6.68. The van der Waals surface area contributed by atoms with E-state index in [0.717, 1.165) is 12.0 Å². The second kappa shape index (κ2) is 10.2. The first kappa shape index (κ1) is 20.3. The van der Waals surface area contributed by atoms with E-state index in [0.29, 0.717) is 29.8 Å². The molecule has 0 fully saturated rings. The van der Waals surface area contributed by atoms with Gasteiger partial charge in [0.2, 0.25) is 5.91 Å². The summed E-state index contributed by atoms with van der Waals surface area (Å²) in [6.07, 6.45) is 1.15. The summed E-state index contributed by atoms with van der Waals surface area (Å²) >= 11 is 0. The predicted molar refractivity (Wildman–Crippen MR) is 112 cm³/mol. The Morgan fingerprint density at radius 1 is 0.793 bits per heavy atom. The summed E-state index contributed by atoms with van der Waals surface area (Å²) in [5, 5.41) is 5.65. The van der Waals surface area contributed by atoms with Gasteiger partial charge in [-0.2, -0.15) is 0 Å². The number of amides is 2. The summed E-state index contributed by atoms with van der Waals surface area (Å²) in [7, 11) is 0. The average molecular weight is 390 g/mol. The van der Waals surface area contributed by atoms with Crippen molar-refractivity contribution in [1.29, 1.82) is 0 Å². The zero-order chi connectivity index (χ0) is 20.5. The van der Waals surface area contributed by atoms with Crippen LogP contribution in [0.4, 0.5) is 10.1 Å². The Kier molecular flexibility index (Phi) is 7.11. The summed E-state index contributed by atoms with van der Waals surface area (Å²) in [5.74, 6) is -0.831. The van der Waals surface area contributed by atoms with E-state index in [-0.39, 0.29) is 24.1 Å². The largest absolute Gasteiger partial charge is 0.352 e. The van der Waals surface area contributed by atoms with Crippen molar-refractivity contribution in [1.82, 2.24) is 5.32 Å². The first-order chi connectivity index (χ1) is 14.1. The van der Waals surface area contributed by atoms with Gasteiger partial charge in [-0.3, -0.25) is 9.59 Å². The fourth-order valence-electron chi connectivity index (χ4n) is 3.01. The van der Waals surface area contributed by atoms with Gasteiger partial charge in [0, 0.05) is 13.0 Å². The molecule has 3 aromatic carbocycles. The smallest absolute Gasteiger partial charge is 0.253 e. The lowest BCUT2D eigenvalue weighted by molar-refractivity contribution is -0.116. The Bertz CT molecular complexity index is 973. The van der Waals surface area contributed by atoms with E-state index in [1.807, 2.05) is 30.3 Å². The predicted octanol–water partition coefficient (Wildman–Crippen LogP) is 4.37. The molecule has 0 aromatic heterocycles. The molecule has 0 aliphatic heterocycles. The molecule has 0 aliphatic carbocycles. The van der Waals surface area contributed by atoms with Gasteiger partial charge in [0.05, 0.1) is 11.3 Å². The highest BCUT2D eigenvalue weighted by Crippen LogP contribution is 2.16. The molecule has 0 unspecified atom stereocenters. The molecule has 4 nitrogen and oxygen atoms in total. The van der Waals surface area contributed by atoms with Gasteiger partial charge in [0.15, 0.2) is 0 Å². The minimum Gasteiger partial charge on any atom is -0.352 e. The van der Waals surface area contributed by atoms with Crippen molar-refractivity contribution < 1.29 is 14.0 Å². The number of carbonyl (C=O) groups excluding carboxylic acids is 2. The summed E-state index contributed by atoms with van der Waals surface area (Å²) in [6, 6.07) is 23.2. The van der Waals surface area contributed by atoms with E-state index in [2.05, 4.69) is 10.6 Å². The van der Waals surface area contributed by atoms with Crippen LogP contribution in [-0.2, 0) is 17.6 Å². The maximum Gasteiger partial charge on any atom is 0.253 e. The van der Waals surface area contributed by atoms with E-state index in [1.165, 1.54) is 6.07 Å². The Morgan fingerprint density at radius 2 is 1.48 bits per heavy atom. The molecule has 0 saturated heterocycles. The molecule has 0 saturated carbocycles. The van der Waals surface area contributed by atoms with Crippen molar-refractivity contribution >= 4 is 17.5 Å². The van der Waals surface area contributed by atoms with E-state index < -0.39 is 0 Å². The van der Waals surface area contributed by atoms with E-state index >= 15 is 0 Å². The summed E-state index contributed by atoms with van der Waals surface area (Å²) in [4.78, 5) is 24.9. The Hall–Kier alpha value is -3.47. The van der Waals surface area contributed by atoms with Crippen LogP contribution in [0.2, 0.25) is 0 Å². The van der Waals surface area contributed by atoms with Crippen molar-refractivity contribution in [2.45, 2.75) is 19.3 Å². The molecular weight excluding hydrogens is 367 g/mol. The maximum absolute atomic E-state index is 13.7. The van der Waals surface area contributed by atoms with Crippen LogP contribution in [0.15, 0.2) is 78.9 Å². The third kappa shape index (κ3) is 6.01. The van der Waals surface area contributed by atoms with Gasteiger partial charge in [-0.15, -0.1) is 0 Å². The first-order valence-corrected chi connectivity index (χ1v) is 9.58. The molecule has 29 heavy (non-hydrogen) atoms. The second-order valence-corrected chi connectivity index (χ2v) is 6.68. The number of hydrogen-bond acceptors (Lipinski definition) is 2. The Balaban J connectivity index is 1.55. The van der Waals surface area contributed by atoms with Gasteiger partial charge < -0.3 is 10.6 Å². The molecule has 0 bridgehead atoms. The minimum atomic E-state index is -0.321. The van der Waals surface area contributed by atoms with E-state index in [4.69, 9.17) is 0 Å².